The highest BCUT2D eigenvalue weighted by Gasteiger charge is 2.00. The molecule has 0 aliphatic heterocycles. The van der Waals surface area contributed by atoms with E-state index in [1.165, 1.54) is 12.1 Å². The van der Waals surface area contributed by atoms with E-state index in [1.54, 1.807) is 6.07 Å². The van der Waals surface area contributed by atoms with Crippen molar-refractivity contribution in [2.24, 2.45) is 0 Å². The summed E-state index contributed by atoms with van der Waals surface area (Å²) in [4.78, 5) is 0. The molecule has 0 N–H and O–H groups in total. The third kappa shape index (κ3) is 4.28. The first-order valence-electron chi connectivity index (χ1n) is 6.27. The van der Waals surface area contributed by atoms with E-state index in [0.29, 0.717) is 6.61 Å². The molecule has 0 spiro atoms. The van der Waals surface area contributed by atoms with Crippen molar-refractivity contribution in [2.45, 2.75) is 26.6 Å². The highest BCUT2D eigenvalue weighted by atomic mass is 19.1. The van der Waals surface area contributed by atoms with E-state index in [-0.39, 0.29) is 11.9 Å². The normalized spacial score (nSPS) is 10.5. The molecule has 0 atom stereocenters. The minimum atomic E-state index is -0.248. The first-order valence-corrected chi connectivity index (χ1v) is 6.27. The standard InChI is InChI=1S/C16H17FO2/c1-12(2)19-16-8-6-15(7-9-16)18-11-13-4-3-5-14(17)10-13/h3-10,12H,11H2,1-2H3. The van der Waals surface area contributed by atoms with Gasteiger partial charge in [-0.15, -0.1) is 0 Å². The lowest BCUT2D eigenvalue weighted by molar-refractivity contribution is 0.241. The van der Waals surface area contributed by atoms with Crippen LogP contribution in [0.5, 0.6) is 11.5 Å². The van der Waals surface area contributed by atoms with Gasteiger partial charge in [0.2, 0.25) is 0 Å². The van der Waals surface area contributed by atoms with Crippen LogP contribution in [0, 0.1) is 5.82 Å². The minimum absolute atomic E-state index is 0.152. The lowest BCUT2D eigenvalue weighted by Gasteiger charge is -2.11. The Morgan fingerprint density at radius 3 is 2.32 bits per heavy atom. The maximum absolute atomic E-state index is 13.0. The zero-order valence-electron chi connectivity index (χ0n) is 11.1. The van der Waals surface area contributed by atoms with E-state index in [9.17, 15) is 4.39 Å². The van der Waals surface area contributed by atoms with Crippen LogP contribution >= 0.6 is 0 Å². The van der Waals surface area contributed by atoms with Gasteiger partial charge in [-0.05, 0) is 55.8 Å². The second-order valence-corrected chi connectivity index (χ2v) is 4.56. The third-order valence-electron chi connectivity index (χ3n) is 2.49. The largest absolute Gasteiger partial charge is 0.491 e. The summed E-state index contributed by atoms with van der Waals surface area (Å²) in [5.41, 5.74) is 0.808. The lowest BCUT2D eigenvalue weighted by atomic mass is 10.2. The summed E-state index contributed by atoms with van der Waals surface area (Å²) in [6, 6.07) is 13.8. The van der Waals surface area contributed by atoms with E-state index < -0.39 is 0 Å². The van der Waals surface area contributed by atoms with Gasteiger partial charge in [0.1, 0.15) is 23.9 Å². The van der Waals surface area contributed by atoms with Crippen LogP contribution < -0.4 is 9.47 Å². The first kappa shape index (κ1) is 13.4. The molecule has 0 bridgehead atoms. The summed E-state index contributed by atoms with van der Waals surface area (Å²) in [6.07, 6.45) is 0.152. The zero-order valence-corrected chi connectivity index (χ0v) is 11.1. The van der Waals surface area contributed by atoms with Gasteiger partial charge in [-0.3, -0.25) is 0 Å². The molecule has 0 amide bonds. The van der Waals surface area contributed by atoms with Crippen molar-refractivity contribution < 1.29 is 13.9 Å². The van der Waals surface area contributed by atoms with E-state index >= 15 is 0 Å². The van der Waals surface area contributed by atoms with Crippen molar-refractivity contribution in [1.29, 1.82) is 0 Å². The molecule has 2 aromatic rings. The van der Waals surface area contributed by atoms with Crippen LogP contribution in [-0.4, -0.2) is 6.10 Å². The average molecular weight is 260 g/mol. The van der Waals surface area contributed by atoms with Crippen LogP contribution in [0.2, 0.25) is 0 Å². The number of benzene rings is 2. The molecule has 2 aromatic carbocycles. The summed E-state index contributed by atoms with van der Waals surface area (Å²) in [7, 11) is 0. The van der Waals surface area contributed by atoms with Crippen LogP contribution in [0.4, 0.5) is 4.39 Å². The number of rotatable bonds is 5. The molecule has 100 valence electrons. The van der Waals surface area contributed by atoms with Gasteiger partial charge >= 0.3 is 0 Å². The van der Waals surface area contributed by atoms with Crippen molar-refractivity contribution >= 4 is 0 Å². The number of ether oxygens (including phenoxy) is 2. The lowest BCUT2D eigenvalue weighted by Crippen LogP contribution is -2.05. The predicted molar refractivity (Wildman–Crippen MR) is 72.9 cm³/mol. The van der Waals surface area contributed by atoms with Crippen molar-refractivity contribution in [1.82, 2.24) is 0 Å². The van der Waals surface area contributed by atoms with Crippen LogP contribution in [-0.2, 0) is 6.61 Å². The summed E-state index contributed by atoms with van der Waals surface area (Å²) in [5.74, 6) is 1.30. The Hall–Kier alpha value is -2.03. The SMILES string of the molecule is CC(C)Oc1ccc(OCc2cccc(F)c2)cc1. The topological polar surface area (TPSA) is 18.5 Å². The molecule has 0 aromatic heterocycles. The Balaban J connectivity index is 1.93. The fourth-order valence-electron chi connectivity index (χ4n) is 1.68. The molecule has 0 radical (unpaired) electrons. The van der Waals surface area contributed by atoms with Gasteiger partial charge in [0.25, 0.3) is 0 Å². The van der Waals surface area contributed by atoms with Crippen LogP contribution in [0.25, 0.3) is 0 Å². The van der Waals surface area contributed by atoms with Gasteiger partial charge < -0.3 is 9.47 Å². The minimum Gasteiger partial charge on any atom is -0.491 e. The summed E-state index contributed by atoms with van der Waals surface area (Å²) >= 11 is 0. The van der Waals surface area contributed by atoms with E-state index in [4.69, 9.17) is 9.47 Å². The molecule has 0 unspecified atom stereocenters. The Kier molecular flexibility index (Phi) is 4.39. The molecule has 0 saturated carbocycles. The van der Waals surface area contributed by atoms with Gasteiger partial charge in [-0.1, -0.05) is 12.1 Å². The van der Waals surface area contributed by atoms with Crippen molar-refractivity contribution in [3.63, 3.8) is 0 Å². The summed E-state index contributed by atoms with van der Waals surface area (Å²) in [6.45, 7) is 4.31. The van der Waals surface area contributed by atoms with Gasteiger partial charge in [-0.25, -0.2) is 4.39 Å². The highest BCUT2D eigenvalue weighted by molar-refractivity contribution is 5.31. The Morgan fingerprint density at radius 2 is 1.68 bits per heavy atom. The van der Waals surface area contributed by atoms with Crippen molar-refractivity contribution in [3.05, 3.63) is 59.9 Å². The van der Waals surface area contributed by atoms with Gasteiger partial charge in [0, 0.05) is 0 Å². The molecule has 0 aliphatic carbocycles. The Bertz CT molecular complexity index is 521. The summed E-state index contributed by atoms with van der Waals surface area (Å²) < 4.78 is 24.1. The molecule has 0 fully saturated rings. The highest BCUT2D eigenvalue weighted by Crippen LogP contribution is 2.19. The van der Waals surface area contributed by atoms with E-state index in [1.807, 2.05) is 44.2 Å². The Morgan fingerprint density at radius 1 is 1.00 bits per heavy atom. The Labute approximate surface area is 112 Å². The van der Waals surface area contributed by atoms with Crippen molar-refractivity contribution in [2.75, 3.05) is 0 Å². The molecule has 19 heavy (non-hydrogen) atoms. The maximum Gasteiger partial charge on any atom is 0.123 e. The molecule has 0 heterocycles. The van der Waals surface area contributed by atoms with Gasteiger partial charge in [-0.2, -0.15) is 0 Å². The first-order chi connectivity index (χ1) is 9.13. The van der Waals surface area contributed by atoms with E-state index in [0.717, 1.165) is 17.1 Å². The van der Waals surface area contributed by atoms with Crippen LogP contribution in [0.15, 0.2) is 48.5 Å². The number of hydrogen-bond donors (Lipinski definition) is 0. The zero-order chi connectivity index (χ0) is 13.7. The van der Waals surface area contributed by atoms with E-state index in [2.05, 4.69) is 0 Å². The molecular weight excluding hydrogens is 243 g/mol. The summed E-state index contributed by atoms with van der Waals surface area (Å²) in [5, 5.41) is 0. The smallest absolute Gasteiger partial charge is 0.123 e. The van der Waals surface area contributed by atoms with Crippen LogP contribution in [0.3, 0.4) is 0 Å². The molecule has 0 aliphatic rings. The fourth-order valence-corrected chi connectivity index (χ4v) is 1.68. The van der Waals surface area contributed by atoms with Gasteiger partial charge in [0.15, 0.2) is 0 Å². The monoisotopic (exact) mass is 260 g/mol. The second kappa shape index (κ2) is 6.23. The van der Waals surface area contributed by atoms with Crippen LogP contribution in [0.1, 0.15) is 19.4 Å². The molecule has 3 heteroatoms. The predicted octanol–water partition coefficient (Wildman–Crippen LogP) is 4.19. The second-order valence-electron chi connectivity index (χ2n) is 4.56. The quantitative estimate of drug-likeness (QED) is 0.802. The maximum atomic E-state index is 13.0. The average Bonchev–Trinajstić information content (AvgIpc) is 2.37. The number of hydrogen-bond acceptors (Lipinski definition) is 2. The molecular formula is C16H17FO2. The molecule has 0 saturated heterocycles. The fraction of sp³-hybridized carbons (Fsp3) is 0.250. The van der Waals surface area contributed by atoms with Crippen molar-refractivity contribution in [3.8, 4) is 11.5 Å². The molecule has 2 nitrogen and oxygen atoms in total. The molecule has 2 rings (SSSR count). The third-order valence-corrected chi connectivity index (χ3v) is 2.49. The van der Waals surface area contributed by atoms with Gasteiger partial charge in [0.05, 0.1) is 6.10 Å². The number of halogens is 1.